The normalized spacial score (nSPS) is 26.9. The lowest BCUT2D eigenvalue weighted by Gasteiger charge is -2.25. The molecule has 2 fully saturated rings. The molecule has 27 heavy (non-hydrogen) atoms. The molecule has 0 aromatic heterocycles. The number of likely N-dealkylation sites (tertiary alicyclic amines) is 1. The van der Waals surface area contributed by atoms with E-state index in [0.29, 0.717) is 50.3 Å². The highest BCUT2D eigenvalue weighted by Crippen LogP contribution is 2.36. The van der Waals surface area contributed by atoms with Crippen LogP contribution in [0.3, 0.4) is 0 Å². The first kappa shape index (κ1) is 19.8. The van der Waals surface area contributed by atoms with Crippen LogP contribution in [0.4, 0.5) is 5.69 Å². The Morgan fingerprint density at radius 3 is 2.67 bits per heavy atom. The van der Waals surface area contributed by atoms with Crippen molar-refractivity contribution in [2.75, 3.05) is 37.7 Å². The van der Waals surface area contributed by atoms with E-state index in [1.165, 1.54) is 0 Å². The summed E-state index contributed by atoms with van der Waals surface area (Å²) in [5.74, 6) is 1.45. The number of hydrogen-bond donors (Lipinski definition) is 1. The van der Waals surface area contributed by atoms with Crippen LogP contribution in [0, 0.1) is 11.8 Å². The molecule has 2 amide bonds. The molecule has 1 aromatic carbocycles. The maximum atomic E-state index is 12.9. The molecular weight excluding hydrogens is 370 g/mol. The second-order valence-corrected chi connectivity index (χ2v) is 7.41. The summed E-state index contributed by atoms with van der Waals surface area (Å²) in [6.07, 6.45) is 1.19. The molecule has 0 bridgehead atoms. The van der Waals surface area contributed by atoms with Crippen molar-refractivity contribution in [2.45, 2.75) is 25.8 Å². The van der Waals surface area contributed by atoms with E-state index >= 15 is 0 Å². The molecule has 7 nitrogen and oxygen atoms in total. The van der Waals surface area contributed by atoms with Crippen LogP contribution in [0.1, 0.15) is 19.8 Å². The van der Waals surface area contributed by atoms with E-state index in [1.54, 1.807) is 4.90 Å². The summed E-state index contributed by atoms with van der Waals surface area (Å²) in [5, 5.41) is 0. The van der Waals surface area contributed by atoms with E-state index in [2.05, 4.69) is 6.92 Å². The van der Waals surface area contributed by atoms with Crippen molar-refractivity contribution in [1.29, 1.82) is 0 Å². The van der Waals surface area contributed by atoms with Crippen LogP contribution in [0.15, 0.2) is 18.2 Å². The highest BCUT2D eigenvalue weighted by Gasteiger charge is 2.41. The number of nitrogens with two attached hydrogens (primary N) is 1. The van der Waals surface area contributed by atoms with Gasteiger partial charge in [0.1, 0.15) is 13.2 Å². The fraction of sp³-hybridized carbons (Fsp3) is 0.579. The number of fused-ring (bicyclic) bond motifs is 1. The molecule has 8 heteroatoms. The van der Waals surface area contributed by atoms with Crippen molar-refractivity contribution in [2.24, 2.45) is 17.6 Å². The summed E-state index contributed by atoms with van der Waals surface area (Å²) in [5.41, 5.74) is 6.52. The Hall–Kier alpha value is -1.99. The molecule has 0 spiro atoms. The van der Waals surface area contributed by atoms with Gasteiger partial charge >= 0.3 is 0 Å². The fourth-order valence-electron chi connectivity index (χ4n) is 4.18. The molecule has 1 aromatic rings. The fourth-order valence-corrected chi connectivity index (χ4v) is 4.18. The number of ether oxygens (including phenoxy) is 2. The molecular formula is C19H26ClN3O4. The van der Waals surface area contributed by atoms with Crippen molar-refractivity contribution in [1.82, 2.24) is 4.90 Å². The zero-order valence-corrected chi connectivity index (χ0v) is 16.2. The topological polar surface area (TPSA) is 85.1 Å². The predicted molar refractivity (Wildman–Crippen MR) is 103 cm³/mol. The molecule has 0 radical (unpaired) electrons. The van der Waals surface area contributed by atoms with E-state index < -0.39 is 0 Å². The average Bonchev–Trinajstić information content (AvgIpc) is 3.23. The summed E-state index contributed by atoms with van der Waals surface area (Å²) in [4.78, 5) is 29.1. The third kappa shape index (κ3) is 3.71. The minimum absolute atomic E-state index is 0. The number of anilines is 1. The van der Waals surface area contributed by atoms with Crippen LogP contribution >= 0.6 is 12.4 Å². The number of benzene rings is 1. The van der Waals surface area contributed by atoms with Gasteiger partial charge in [0.05, 0.1) is 5.92 Å². The second-order valence-electron chi connectivity index (χ2n) is 7.41. The third-order valence-electron chi connectivity index (χ3n) is 5.59. The van der Waals surface area contributed by atoms with Crippen molar-refractivity contribution in [3.63, 3.8) is 0 Å². The lowest BCUT2D eigenvalue weighted by atomic mass is 10.1. The van der Waals surface area contributed by atoms with Crippen molar-refractivity contribution >= 4 is 29.9 Å². The molecule has 3 unspecified atom stereocenters. The van der Waals surface area contributed by atoms with Gasteiger partial charge in [0.15, 0.2) is 11.5 Å². The second kappa shape index (κ2) is 7.94. The number of hydrogen-bond acceptors (Lipinski definition) is 5. The van der Waals surface area contributed by atoms with Gasteiger partial charge in [-0.1, -0.05) is 0 Å². The van der Waals surface area contributed by atoms with E-state index in [-0.39, 0.29) is 42.6 Å². The molecule has 3 heterocycles. The predicted octanol–water partition coefficient (Wildman–Crippen LogP) is 1.43. The maximum Gasteiger partial charge on any atom is 0.228 e. The van der Waals surface area contributed by atoms with Gasteiger partial charge in [0.25, 0.3) is 0 Å². The third-order valence-corrected chi connectivity index (χ3v) is 5.59. The van der Waals surface area contributed by atoms with Crippen LogP contribution in [-0.2, 0) is 9.59 Å². The van der Waals surface area contributed by atoms with Gasteiger partial charge in [-0.15, -0.1) is 12.4 Å². The first-order chi connectivity index (χ1) is 12.6. The summed E-state index contributed by atoms with van der Waals surface area (Å²) < 4.78 is 11.1. The van der Waals surface area contributed by atoms with Crippen molar-refractivity contribution in [3.8, 4) is 11.5 Å². The largest absolute Gasteiger partial charge is 0.486 e. The van der Waals surface area contributed by atoms with Gasteiger partial charge in [-0.3, -0.25) is 9.59 Å². The number of amides is 2. The Morgan fingerprint density at radius 1 is 1.22 bits per heavy atom. The van der Waals surface area contributed by atoms with Crippen LogP contribution in [0.5, 0.6) is 11.5 Å². The number of carbonyl (C=O) groups is 2. The lowest BCUT2D eigenvalue weighted by Crippen LogP contribution is -2.40. The first-order valence-electron chi connectivity index (χ1n) is 9.27. The summed E-state index contributed by atoms with van der Waals surface area (Å²) >= 11 is 0. The minimum atomic E-state index is -0.297. The Bertz CT molecular complexity index is 729. The SMILES string of the molecule is CC1CC(CN)CN1C(=O)C1CC(=O)N(c2ccc3c(c2)OCCO3)C1.Cl. The van der Waals surface area contributed by atoms with Gasteiger partial charge in [0.2, 0.25) is 11.8 Å². The lowest BCUT2D eigenvalue weighted by molar-refractivity contribution is -0.136. The molecule has 4 rings (SSSR count). The van der Waals surface area contributed by atoms with Gasteiger partial charge < -0.3 is 25.0 Å². The monoisotopic (exact) mass is 395 g/mol. The van der Waals surface area contributed by atoms with E-state index in [9.17, 15) is 9.59 Å². The molecule has 2 saturated heterocycles. The van der Waals surface area contributed by atoms with Crippen LogP contribution in [0.2, 0.25) is 0 Å². The quantitative estimate of drug-likeness (QED) is 0.836. The van der Waals surface area contributed by atoms with Crippen molar-refractivity contribution < 1.29 is 19.1 Å². The molecule has 3 aliphatic heterocycles. The number of nitrogens with zero attached hydrogens (tertiary/aromatic N) is 2. The molecule has 0 aliphatic carbocycles. The highest BCUT2D eigenvalue weighted by atomic mass is 35.5. The molecule has 0 saturated carbocycles. The Morgan fingerprint density at radius 2 is 1.96 bits per heavy atom. The first-order valence-corrected chi connectivity index (χ1v) is 9.27. The summed E-state index contributed by atoms with van der Waals surface area (Å²) in [7, 11) is 0. The number of rotatable bonds is 3. The van der Waals surface area contributed by atoms with Gasteiger partial charge in [0, 0.05) is 37.3 Å². The zero-order chi connectivity index (χ0) is 18.3. The van der Waals surface area contributed by atoms with Crippen LogP contribution < -0.4 is 20.1 Å². The average molecular weight is 396 g/mol. The van der Waals surface area contributed by atoms with E-state index in [0.717, 1.165) is 12.1 Å². The summed E-state index contributed by atoms with van der Waals surface area (Å²) in [6, 6.07) is 5.68. The summed E-state index contributed by atoms with van der Waals surface area (Å²) in [6.45, 7) is 4.80. The number of halogens is 1. The van der Waals surface area contributed by atoms with E-state index in [1.807, 2.05) is 23.1 Å². The van der Waals surface area contributed by atoms with Gasteiger partial charge in [-0.25, -0.2) is 0 Å². The molecule has 3 atom stereocenters. The number of carbonyl (C=O) groups excluding carboxylic acids is 2. The van der Waals surface area contributed by atoms with E-state index in [4.69, 9.17) is 15.2 Å². The highest BCUT2D eigenvalue weighted by molar-refractivity contribution is 6.00. The van der Waals surface area contributed by atoms with Gasteiger partial charge in [-0.2, -0.15) is 0 Å². The van der Waals surface area contributed by atoms with Gasteiger partial charge in [-0.05, 0) is 37.9 Å². The van der Waals surface area contributed by atoms with Crippen molar-refractivity contribution in [3.05, 3.63) is 18.2 Å². The standard InChI is InChI=1S/C19H25N3O4.ClH/c1-12-6-13(9-20)10-21(12)19(24)14-7-18(23)22(11-14)15-2-3-16-17(8-15)26-5-4-25-16;/h2-3,8,12-14H,4-7,9-11,20H2,1H3;1H. The maximum absolute atomic E-state index is 12.9. The Balaban J connectivity index is 0.00000210. The van der Waals surface area contributed by atoms with Crippen LogP contribution in [0.25, 0.3) is 0 Å². The molecule has 3 aliphatic rings. The van der Waals surface area contributed by atoms with Crippen LogP contribution in [-0.4, -0.2) is 55.6 Å². The molecule has 2 N–H and O–H groups in total. The smallest absolute Gasteiger partial charge is 0.228 e. The zero-order valence-electron chi connectivity index (χ0n) is 15.4. The molecule has 148 valence electrons. The Kier molecular flexibility index (Phi) is 5.81. The Labute approximate surface area is 165 Å². The minimum Gasteiger partial charge on any atom is -0.486 e.